The molecule has 0 saturated heterocycles. The SMILES string of the molecule is CSc1ccc(CCON)c(SC)c1. The molecule has 4 heteroatoms. The van der Waals surface area contributed by atoms with Gasteiger partial charge in [0.05, 0.1) is 6.61 Å². The quantitative estimate of drug-likeness (QED) is 0.622. The third-order valence-electron chi connectivity index (χ3n) is 1.98. The van der Waals surface area contributed by atoms with Crippen molar-refractivity contribution in [2.24, 2.45) is 5.90 Å². The molecule has 0 aliphatic rings. The maximum Gasteiger partial charge on any atom is 0.0720 e. The van der Waals surface area contributed by atoms with Crippen molar-refractivity contribution in [1.82, 2.24) is 0 Å². The van der Waals surface area contributed by atoms with Gasteiger partial charge in [-0.25, -0.2) is 5.90 Å². The molecule has 0 spiro atoms. The minimum absolute atomic E-state index is 0.576. The van der Waals surface area contributed by atoms with E-state index in [4.69, 9.17) is 5.90 Å². The second kappa shape index (κ2) is 6.35. The van der Waals surface area contributed by atoms with Crippen molar-refractivity contribution in [1.29, 1.82) is 0 Å². The van der Waals surface area contributed by atoms with Crippen LogP contribution in [0.15, 0.2) is 28.0 Å². The molecule has 1 rings (SSSR count). The smallest absolute Gasteiger partial charge is 0.0720 e. The Hall–Kier alpha value is -0.160. The highest BCUT2D eigenvalue weighted by Crippen LogP contribution is 2.26. The molecular formula is C10H15NOS2. The molecule has 1 aromatic carbocycles. The molecule has 0 aliphatic carbocycles. The van der Waals surface area contributed by atoms with Gasteiger partial charge >= 0.3 is 0 Å². The van der Waals surface area contributed by atoms with Crippen molar-refractivity contribution in [2.45, 2.75) is 16.2 Å². The maximum atomic E-state index is 5.01. The van der Waals surface area contributed by atoms with E-state index in [1.165, 1.54) is 15.4 Å². The van der Waals surface area contributed by atoms with Crippen molar-refractivity contribution in [3.05, 3.63) is 23.8 Å². The second-order valence-corrected chi connectivity index (χ2v) is 4.53. The maximum absolute atomic E-state index is 5.01. The van der Waals surface area contributed by atoms with E-state index in [0.29, 0.717) is 6.61 Å². The Morgan fingerprint density at radius 2 is 2.07 bits per heavy atom. The van der Waals surface area contributed by atoms with Gasteiger partial charge in [-0.15, -0.1) is 23.5 Å². The molecule has 0 bridgehead atoms. The number of thioether (sulfide) groups is 2. The zero-order valence-electron chi connectivity index (χ0n) is 8.45. The third kappa shape index (κ3) is 3.20. The lowest BCUT2D eigenvalue weighted by atomic mass is 10.2. The van der Waals surface area contributed by atoms with Gasteiger partial charge in [0.25, 0.3) is 0 Å². The number of hydrogen-bond donors (Lipinski definition) is 1. The molecule has 0 atom stereocenters. The molecule has 0 amide bonds. The van der Waals surface area contributed by atoms with Crippen molar-refractivity contribution < 1.29 is 4.84 Å². The Morgan fingerprint density at radius 1 is 1.29 bits per heavy atom. The van der Waals surface area contributed by atoms with E-state index in [0.717, 1.165) is 6.42 Å². The van der Waals surface area contributed by atoms with Gasteiger partial charge in [-0.2, -0.15) is 0 Å². The van der Waals surface area contributed by atoms with Crippen LogP contribution in [0.3, 0.4) is 0 Å². The number of nitrogens with two attached hydrogens (primary N) is 1. The summed E-state index contributed by atoms with van der Waals surface area (Å²) in [4.78, 5) is 7.20. The van der Waals surface area contributed by atoms with Gasteiger partial charge in [0.1, 0.15) is 0 Å². The summed E-state index contributed by atoms with van der Waals surface area (Å²) in [5.74, 6) is 5.01. The molecule has 1 aromatic rings. The minimum atomic E-state index is 0.576. The van der Waals surface area contributed by atoms with Crippen LogP contribution in [0.2, 0.25) is 0 Å². The van der Waals surface area contributed by atoms with Crippen molar-refractivity contribution in [2.75, 3.05) is 19.1 Å². The summed E-state index contributed by atoms with van der Waals surface area (Å²) >= 11 is 3.53. The Kier molecular flexibility index (Phi) is 5.40. The van der Waals surface area contributed by atoms with E-state index in [9.17, 15) is 0 Å². The Morgan fingerprint density at radius 3 is 2.64 bits per heavy atom. The standard InChI is InChI=1S/C10H15NOS2/c1-13-9-4-3-8(5-6-12-11)10(7-9)14-2/h3-4,7H,5-6,11H2,1-2H3. The molecule has 0 fully saturated rings. The molecule has 2 N–H and O–H groups in total. The van der Waals surface area contributed by atoms with Crippen LogP contribution in [-0.2, 0) is 11.3 Å². The van der Waals surface area contributed by atoms with Crippen LogP contribution in [0.1, 0.15) is 5.56 Å². The first-order valence-corrected chi connectivity index (χ1v) is 6.79. The molecule has 0 heterocycles. The summed E-state index contributed by atoms with van der Waals surface area (Å²) in [6, 6.07) is 6.49. The molecule has 0 aromatic heterocycles. The van der Waals surface area contributed by atoms with Crippen molar-refractivity contribution in [3.8, 4) is 0 Å². The van der Waals surface area contributed by atoms with Crippen LogP contribution in [-0.4, -0.2) is 19.1 Å². The van der Waals surface area contributed by atoms with Gasteiger partial charge in [-0.05, 0) is 36.6 Å². The zero-order chi connectivity index (χ0) is 10.4. The van der Waals surface area contributed by atoms with Gasteiger partial charge in [-0.1, -0.05) is 6.07 Å². The molecule has 2 nitrogen and oxygen atoms in total. The first kappa shape index (κ1) is 11.9. The Balaban J connectivity index is 2.82. The fourth-order valence-electron chi connectivity index (χ4n) is 1.23. The van der Waals surface area contributed by atoms with Crippen LogP contribution >= 0.6 is 23.5 Å². The average Bonchev–Trinajstić information content (AvgIpc) is 2.26. The van der Waals surface area contributed by atoms with E-state index in [1.54, 1.807) is 23.5 Å². The summed E-state index contributed by atoms with van der Waals surface area (Å²) in [5.41, 5.74) is 1.31. The lowest BCUT2D eigenvalue weighted by Gasteiger charge is -2.08. The highest BCUT2D eigenvalue weighted by molar-refractivity contribution is 7.99. The van der Waals surface area contributed by atoms with Crippen LogP contribution in [0.5, 0.6) is 0 Å². The summed E-state index contributed by atoms with van der Waals surface area (Å²) in [7, 11) is 0. The highest BCUT2D eigenvalue weighted by Gasteiger charge is 2.02. The van der Waals surface area contributed by atoms with E-state index in [1.807, 2.05) is 0 Å². The lowest BCUT2D eigenvalue weighted by Crippen LogP contribution is -2.04. The fraction of sp³-hybridized carbons (Fsp3) is 0.400. The first-order valence-electron chi connectivity index (χ1n) is 4.34. The second-order valence-electron chi connectivity index (χ2n) is 2.80. The largest absolute Gasteiger partial charge is 0.304 e. The molecule has 0 unspecified atom stereocenters. The summed E-state index contributed by atoms with van der Waals surface area (Å²) < 4.78 is 0. The molecule has 0 aliphatic heterocycles. The number of hydrogen-bond acceptors (Lipinski definition) is 4. The molecule has 0 saturated carbocycles. The topological polar surface area (TPSA) is 35.2 Å². The van der Waals surface area contributed by atoms with E-state index in [2.05, 4.69) is 35.5 Å². The van der Waals surface area contributed by atoms with E-state index < -0.39 is 0 Å². The summed E-state index contributed by atoms with van der Waals surface area (Å²) in [6.45, 7) is 0.576. The van der Waals surface area contributed by atoms with Crippen LogP contribution in [0.4, 0.5) is 0 Å². The molecule has 14 heavy (non-hydrogen) atoms. The highest BCUT2D eigenvalue weighted by atomic mass is 32.2. The molecular weight excluding hydrogens is 214 g/mol. The Bertz CT molecular complexity index is 291. The predicted octanol–water partition coefficient (Wildman–Crippen LogP) is 2.56. The Labute approximate surface area is 93.5 Å². The lowest BCUT2D eigenvalue weighted by molar-refractivity contribution is 0.141. The first-order chi connectivity index (χ1) is 6.81. The van der Waals surface area contributed by atoms with Gasteiger partial charge < -0.3 is 4.84 Å². The zero-order valence-corrected chi connectivity index (χ0v) is 10.1. The van der Waals surface area contributed by atoms with E-state index >= 15 is 0 Å². The van der Waals surface area contributed by atoms with Crippen LogP contribution in [0, 0.1) is 0 Å². The van der Waals surface area contributed by atoms with Crippen LogP contribution in [0.25, 0.3) is 0 Å². The van der Waals surface area contributed by atoms with E-state index in [-0.39, 0.29) is 0 Å². The van der Waals surface area contributed by atoms with Crippen molar-refractivity contribution in [3.63, 3.8) is 0 Å². The summed E-state index contributed by atoms with van der Waals surface area (Å²) in [5, 5.41) is 0. The van der Waals surface area contributed by atoms with Gasteiger partial charge in [0, 0.05) is 9.79 Å². The molecule has 78 valence electrons. The average molecular weight is 229 g/mol. The predicted molar refractivity (Wildman–Crippen MR) is 63.8 cm³/mol. The minimum Gasteiger partial charge on any atom is -0.304 e. The third-order valence-corrected chi connectivity index (χ3v) is 3.53. The molecule has 0 radical (unpaired) electrons. The summed E-state index contributed by atoms with van der Waals surface area (Å²) in [6.07, 6.45) is 5.05. The van der Waals surface area contributed by atoms with Gasteiger partial charge in [0.15, 0.2) is 0 Å². The normalized spacial score (nSPS) is 10.5. The van der Waals surface area contributed by atoms with Crippen LogP contribution < -0.4 is 5.90 Å². The van der Waals surface area contributed by atoms with Crippen molar-refractivity contribution >= 4 is 23.5 Å². The monoisotopic (exact) mass is 229 g/mol. The van der Waals surface area contributed by atoms with Gasteiger partial charge in [-0.3, -0.25) is 0 Å². The number of rotatable bonds is 5. The number of benzene rings is 1. The fourth-order valence-corrected chi connectivity index (χ4v) is 2.42. The van der Waals surface area contributed by atoms with Gasteiger partial charge in [0.2, 0.25) is 0 Å².